The van der Waals surface area contributed by atoms with Gasteiger partial charge in [-0.3, -0.25) is 9.78 Å². The Morgan fingerprint density at radius 2 is 1.74 bits per heavy atom. The van der Waals surface area contributed by atoms with Crippen molar-refractivity contribution in [1.29, 1.82) is 0 Å². The van der Waals surface area contributed by atoms with Gasteiger partial charge in [-0.15, -0.1) is 0 Å². The number of nitrogens with zero attached hydrogens (tertiary/aromatic N) is 1. The third-order valence-corrected chi connectivity index (χ3v) is 3.18. The summed E-state index contributed by atoms with van der Waals surface area (Å²) in [6.07, 6.45) is 1.73. The first-order chi connectivity index (χ1) is 9.18. The van der Waals surface area contributed by atoms with Crippen LogP contribution in [0, 0.1) is 0 Å². The average molecular weight is 254 g/mol. The largest absolute Gasteiger partial charge is 0.347 e. The van der Waals surface area contributed by atoms with Crippen molar-refractivity contribution in [1.82, 2.24) is 10.3 Å². The van der Waals surface area contributed by atoms with Crippen molar-refractivity contribution < 1.29 is 4.79 Å². The molecule has 0 aliphatic rings. The van der Waals surface area contributed by atoms with Crippen molar-refractivity contribution in [2.45, 2.75) is 25.8 Å². The monoisotopic (exact) mass is 254 g/mol. The van der Waals surface area contributed by atoms with Gasteiger partial charge in [0.2, 0.25) is 5.91 Å². The van der Waals surface area contributed by atoms with Gasteiger partial charge in [0.1, 0.15) is 0 Å². The Hall–Kier alpha value is -2.16. The van der Waals surface area contributed by atoms with Crippen molar-refractivity contribution in [3.05, 3.63) is 66.0 Å². The third kappa shape index (κ3) is 3.41. The number of carbonyl (C=O) groups excluding carboxylic acids is 1. The van der Waals surface area contributed by atoms with Crippen molar-refractivity contribution in [3.8, 4) is 0 Å². The highest BCUT2D eigenvalue weighted by Crippen LogP contribution is 2.16. The van der Waals surface area contributed by atoms with Gasteiger partial charge in [-0.25, -0.2) is 0 Å². The maximum Gasteiger partial charge on any atom is 0.227 e. The normalized spacial score (nSPS) is 13.6. The molecule has 2 unspecified atom stereocenters. The van der Waals surface area contributed by atoms with E-state index in [9.17, 15) is 4.79 Å². The van der Waals surface area contributed by atoms with Gasteiger partial charge in [0.15, 0.2) is 0 Å². The summed E-state index contributed by atoms with van der Waals surface area (Å²) in [6.45, 7) is 3.85. The molecule has 1 amide bonds. The van der Waals surface area contributed by atoms with Gasteiger partial charge in [-0.2, -0.15) is 0 Å². The molecule has 0 fully saturated rings. The molecule has 2 rings (SSSR count). The SMILES string of the molecule is CC(NC(=O)C(C)c1ccccc1)c1ccccn1. The molecule has 1 aromatic heterocycles. The zero-order valence-corrected chi connectivity index (χ0v) is 11.2. The number of pyridine rings is 1. The van der Waals surface area contributed by atoms with E-state index in [1.165, 1.54) is 0 Å². The Balaban J connectivity index is 2.02. The number of nitrogens with one attached hydrogen (secondary N) is 1. The first-order valence-electron chi connectivity index (χ1n) is 6.44. The second kappa shape index (κ2) is 6.14. The van der Waals surface area contributed by atoms with Crippen LogP contribution in [0.5, 0.6) is 0 Å². The summed E-state index contributed by atoms with van der Waals surface area (Å²) < 4.78 is 0. The summed E-state index contributed by atoms with van der Waals surface area (Å²) in [6, 6.07) is 15.4. The lowest BCUT2D eigenvalue weighted by atomic mass is 10.00. The first-order valence-corrected chi connectivity index (χ1v) is 6.44. The quantitative estimate of drug-likeness (QED) is 0.911. The number of carbonyl (C=O) groups is 1. The van der Waals surface area contributed by atoms with Crippen molar-refractivity contribution in [2.24, 2.45) is 0 Å². The van der Waals surface area contributed by atoms with Crippen LogP contribution in [0.3, 0.4) is 0 Å². The molecule has 3 heteroatoms. The Bertz CT molecular complexity index is 525. The van der Waals surface area contributed by atoms with E-state index < -0.39 is 0 Å². The van der Waals surface area contributed by atoms with Crippen LogP contribution in [0.1, 0.15) is 37.1 Å². The van der Waals surface area contributed by atoms with Gasteiger partial charge >= 0.3 is 0 Å². The minimum Gasteiger partial charge on any atom is -0.347 e. The van der Waals surface area contributed by atoms with Crippen LogP contribution in [0.15, 0.2) is 54.7 Å². The van der Waals surface area contributed by atoms with Crippen molar-refractivity contribution >= 4 is 5.91 Å². The number of hydrogen-bond acceptors (Lipinski definition) is 2. The highest BCUT2D eigenvalue weighted by molar-refractivity contribution is 5.83. The minimum atomic E-state index is -0.160. The van der Waals surface area contributed by atoms with E-state index in [0.717, 1.165) is 11.3 Å². The number of hydrogen-bond donors (Lipinski definition) is 1. The zero-order valence-electron chi connectivity index (χ0n) is 11.2. The van der Waals surface area contributed by atoms with E-state index >= 15 is 0 Å². The zero-order chi connectivity index (χ0) is 13.7. The second-order valence-electron chi connectivity index (χ2n) is 4.62. The number of rotatable bonds is 4. The summed E-state index contributed by atoms with van der Waals surface area (Å²) >= 11 is 0. The summed E-state index contributed by atoms with van der Waals surface area (Å²) in [5, 5.41) is 2.99. The fourth-order valence-corrected chi connectivity index (χ4v) is 1.94. The molecular formula is C16H18N2O. The van der Waals surface area contributed by atoms with E-state index in [0.29, 0.717) is 0 Å². The molecule has 0 spiro atoms. The van der Waals surface area contributed by atoms with E-state index in [1.807, 2.05) is 62.4 Å². The minimum absolute atomic E-state index is 0.0179. The van der Waals surface area contributed by atoms with E-state index in [1.54, 1.807) is 6.20 Å². The molecular weight excluding hydrogens is 236 g/mol. The summed E-state index contributed by atoms with van der Waals surface area (Å²) in [5.74, 6) is -0.142. The smallest absolute Gasteiger partial charge is 0.227 e. The Kier molecular flexibility index (Phi) is 4.29. The molecule has 0 aliphatic carbocycles. The fourth-order valence-electron chi connectivity index (χ4n) is 1.94. The molecule has 1 heterocycles. The lowest BCUT2D eigenvalue weighted by molar-refractivity contribution is -0.122. The maximum atomic E-state index is 12.2. The van der Waals surface area contributed by atoms with Crippen LogP contribution in [0.2, 0.25) is 0 Å². The third-order valence-electron chi connectivity index (χ3n) is 3.18. The first kappa shape index (κ1) is 13.3. The van der Waals surface area contributed by atoms with Gasteiger partial charge in [0.25, 0.3) is 0 Å². The molecule has 0 saturated carbocycles. The molecule has 1 aromatic carbocycles. The molecule has 2 aromatic rings. The number of aromatic nitrogens is 1. The van der Waals surface area contributed by atoms with Crippen LogP contribution in [0.4, 0.5) is 0 Å². The highest BCUT2D eigenvalue weighted by atomic mass is 16.1. The van der Waals surface area contributed by atoms with E-state index in [4.69, 9.17) is 0 Å². The molecule has 19 heavy (non-hydrogen) atoms. The molecule has 0 bridgehead atoms. The van der Waals surface area contributed by atoms with Crippen LogP contribution in [0.25, 0.3) is 0 Å². The second-order valence-corrected chi connectivity index (χ2v) is 4.62. The van der Waals surface area contributed by atoms with Crippen LogP contribution < -0.4 is 5.32 Å². The van der Waals surface area contributed by atoms with E-state index in [2.05, 4.69) is 10.3 Å². The lowest BCUT2D eigenvalue weighted by Gasteiger charge is -2.17. The lowest BCUT2D eigenvalue weighted by Crippen LogP contribution is -2.30. The molecule has 98 valence electrons. The summed E-state index contributed by atoms with van der Waals surface area (Å²) in [5.41, 5.74) is 1.89. The van der Waals surface area contributed by atoms with Gasteiger partial charge in [0, 0.05) is 6.20 Å². The number of amides is 1. The van der Waals surface area contributed by atoms with E-state index in [-0.39, 0.29) is 17.9 Å². The standard InChI is InChI=1S/C16H18N2O/c1-12(14-8-4-3-5-9-14)16(19)18-13(2)15-10-6-7-11-17-15/h3-13H,1-2H3,(H,18,19). The van der Waals surface area contributed by atoms with Crippen molar-refractivity contribution in [2.75, 3.05) is 0 Å². The maximum absolute atomic E-state index is 12.2. The fraction of sp³-hybridized carbons (Fsp3) is 0.250. The Labute approximate surface area is 113 Å². The van der Waals surface area contributed by atoms with Crippen LogP contribution in [-0.4, -0.2) is 10.9 Å². The van der Waals surface area contributed by atoms with Crippen LogP contribution >= 0.6 is 0 Å². The van der Waals surface area contributed by atoms with Gasteiger partial charge in [-0.1, -0.05) is 36.4 Å². The highest BCUT2D eigenvalue weighted by Gasteiger charge is 2.17. The molecule has 1 N–H and O–H groups in total. The summed E-state index contributed by atoms with van der Waals surface area (Å²) in [4.78, 5) is 16.4. The van der Waals surface area contributed by atoms with Gasteiger partial charge in [0.05, 0.1) is 17.7 Å². The Morgan fingerprint density at radius 3 is 2.37 bits per heavy atom. The molecule has 2 atom stereocenters. The average Bonchev–Trinajstić information content (AvgIpc) is 2.48. The van der Waals surface area contributed by atoms with Crippen LogP contribution in [-0.2, 0) is 4.79 Å². The van der Waals surface area contributed by atoms with Gasteiger partial charge in [-0.05, 0) is 31.5 Å². The predicted octanol–water partition coefficient (Wildman–Crippen LogP) is 3.06. The van der Waals surface area contributed by atoms with Gasteiger partial charge < -0.3 is 5.32 Å². The molecule has 0 saturated heterocycles. The Morgan fingerprint density at radius 1 is 1.05 bits per heavy atom. The number of benzene rings is 1. The summed E-state index contributed by atoms with van der Waals surface area (Å²) in [7, 11) is 0. The molecule has 0 aliphatic heterocycles. The predicted molar refractivity (Wildman–Crippen MR) is 75.7 cm³/mol. The topological polar surface area (TPSA) is 42.0 Å². The molecule has 3 nitrogen and oxygen atoms in total. The van der Waals surface area contributed by atoms with Crippen molar-refractivity contribution in [3.63, 3.8) is 0 Å². The molecule has 0 radical (unpaired) electrons.